The van der Waals surface area contributed by atoms with Gasteiger partial charge in [-0.05, 0) is 67.6 Å². The maximum Gasteiger partial charge on any atom is 0.337 e. The highest BCUT2D eigenvalue weighted by Crippen LogP contribution is 2.34. The zero-order chi connectivity index (χ0) is 24.2. The van der Waals surface area contributed by atoms with E-state index in [0.29, 0.717) is 22.5 Å². The molecule has 1 aliphatic rings. The van der Waals surface area contributed by atoms with E-state index in [1.165, 1.54) is 31.0 Å². The number of ether oxygens (including phenoxy) is 1. The van der Waals surface area contributed by atoms with E-state index in [4.69, 9.17) is 0 Å². The Morgan fingerprint density at radius 3 is 2.32 bits per heavy atom. The summed E-state index contributed by atoms with van der Waals surface area (Å²) in [6.45, 7) is 1.93. The van der Waals surface area contributed by atoms with Crippen molar-refractivity contribution in [2.75, 3.05) is 17.3 Å². The molecule has 1 heterocycles. The maximum atomic E-state index is 12.9. The second kappa shape index (κ2) is 9.93. The van der Waals surface area contributed by atoms with Gasteiger partial charge in [-0.2, -0.15) is 0 Å². The third kappa shape index (κ3) is 5.02. The van der Waals surface area contributed by atoms with Crippen molar-refractivity contribution in [2.24, 2.45) is 0 Å². The largest absolute Gasteiger partial charge is 0.465 e. The first kappa shape index (κ1) is 23.3. The van der Waals surface area contributed by atoms with Gasteiger partial charge in [0.15, 0.2) is 0 Å². The van der Waals surface area contributed by atoms with Crippen LogP contribution < -0.4 is 10.2 Å². The van der Waals surface area contributed by atoms with Gasteiger partial charge in [0.25, 0.3) is 5.91 Å². The molecular weight excluding hydrogens is 452 g/mol. The lowest BCUT2D eigenvalue weighted by atomic mass is 10.1. The third-order valence-corrected chi connectivity index (χ3v) is 6.52. The summed E-state index contributed by atoms with van der Waals surface area (Å²) in [7, 11) is 1.29. The molecule has 0 radical (unpaired) electrons. The van der Waals surface area contributed by atoms with Crippen molar-refractivity contribution in [3.05, 3.63) is 89.5 Å². The van der Waals surface area contributed by atoms with Gasteiger partial charge in [0, 0.05) is 22.6 Å². The number of aryl methyl sites for hydroxylation is 1. The Morgan fingerprint density at radius 2 is 1.68 bits per heavy atom. The number of rotatable bonds is 6. The number of carbonyl (C=O) groups is 4. The minimum absolute atomic E-state index is 0.0775. The van der Waals surface area contributed by atoms with Gasteiger partial charge < -0.3 is 10.1 Å². The molecule has 0 bridgehead atoms. The second-order valence-electron chi connectivity index (χ2n) is 7.76. The summed E-state index contributed by atoms with van der Waals surface area (Å²) in [4.78, 5) is 51.5. The van der Waals surface area contributed by atoms with Gasteiger partial charge in [0.2, 0.25) is 11.8 Å². The molecule has 34 heavy (non-hydrogen) atoms. The zero-order valence-electron chi connectivity index (χ0n) is 18.6. The smallest absolute Gasteiger partial charge is 0.337 e. The van der Waals surface area contributed by atoms with Crippen molar-refractivity contribution in [1.82, 2.24) is 0 Å². The monoisotopic (exact) mass is 474 g/mol. The van der Waals surface area contributed by atoms with E-state index in [0.717, 1.165) is 15.4 Å². The Kier molecular flexibility index (Phi) is 6.79. The Balaban J connectivity index is 1.40. The van der Waals surface area contributed by atoms with Crippen molar-refractivity contribution in [3.8, 4) is 0 Å². The molecule has 4 rings (SSSR count). The molecule has 1 saturated heterocycles. The molecule has 0 aromatic heterocycles. The fourth-order valence-electron chi connectivity index (χ4n) is 3.60. The molecule has 7 nitrogen and oxygen atoms in total. The summed E-state index contributed by atoms with van der Waals surface area (Å²) in [5.41, 5.74) is 2.97. The molecule has 8 heteroatoms. The highest BCUT2D eigenvalue weighted by molar-refractivity contribution is 8.00. The highest BCUT2D eigenvalue weighted by atomic mass is 32.2. The Bertz CT molecular complexity index is 1250. The van der Waals surface area contributed by atoms with Crippen LogP contribution in [0.15, 0.2) is 77.7 Å². The Labute approximate surface area is 201 Å². The first-order chi connectivity index (χ1) is 16.4. The lowest BCUT2D eigenvalue weighted by molar-refractivity contribution is -0.121. The van der Waals surface area contributed by atoms with E-state index in [2.05, 4.69) is 10.1 Å². The molecule has 1 aliphatic heterocycles. The van der Waals surface area contributed by atoms with E-state index in [9.17, 15) is 19.2 Å². The normalized spacial score (nSPS) is 15.4. The lowest BCUT2D eigenvalue weighted by Crippen LogP contribution is -2.31. The third-order valence-electron chi connectivity index (χ3n) is 5.32. The van der Waals surface area contributed by atoms with Crippen molar-refractivity contribution < 1.29 is 23.9 Å². The fourth-order valence-corrected chi connectivity index (χ4v) is 4.66. The topological polar surface area (TPSA) is 92.8 Å². The van der Waals surface area contributed by atoms with Crippen LogP contribution in [0.3, 0.4) is 0 Å². The molecule has 3 aromatic carbocycles. The Morgan fingerprint density at radius 1 is 0.971 bits per heavy atom. The van der Waals surface area contributed by atoms with Crippen molar-refractivity contribution >= 4 is 46.8 Å². The summed E-state index contributed by atoms with van der Waals surface area (Å²) in [5, 5.41) is 2.30. The van der Waals surface area contributed by atoms with Crippen LogP contribution in [0.25, 0.3) is 0 Å². The van der Waals surface area contributed by atoms with Gasteiger partial charge in [0.05, 0.1) is 23.6 Å². The van der Waals surface area contributed by atoms with Crippen LogP contribution in [0.4, 0.5) is 11.4 Å². The minimum atomic E-state index is -0.555. The molecule has 172 valence electrons. The molecule has 1 fully saturated rings. The van der Waals surface area contributed by atoms with Gasteiger partial charge in [-0.1, -0.05) is 17.7 Å². The molecule has 1 atom stereocenters. The number of anilines is 2. The Hall–Kier alpha value is -3.91. The summed E-state index contributed by atoms with van der Waals surface area (Å²) in [6, 6.07) is 20.6. The zero-order valence-corrected chi connectivity index (χ0v) is 19.4. The van der Waals surface area contributed by atoms with Crippen LogP contribution in [0.1, 0.15) is 32.7 Å². The van der Waals surface area contributed by atoms with Crippen LogP contribution in [0, 0.1) is 6.92 Å². The molecule has 1 N–H and O–H groups in total. The van der Waals surface area contributed by atoms with E-state index in [-0.39, 0.29) is 24.1 Å². The van der Waals surface area contributed by atoms with Gasteiger partial charge in [-0.3, -0.25) is 14.4 Å². The van der Waals surface area contributed by atoms with Gasteiger partial charge in [0.1, 0.15) is 0 Å². The first-order valence-electron chi connectivity index (χ1n) is 10.6. The quantitative estimate of drug-likeness (QED) is 0.419. The number of nitrogens with zero attached hydrogens (tertiary/aromatic N) is 1. The van der Waals surface area contributed by atoms with Crippen LogP contribution in [-0.2, 0) is 14.3 Å². The van der Waals surface area contributed by atoms with E-state index in [1.54, 1.807) is 30.3 Å². The van der Waals surface area contributed by atoms with Crippen LogP contribution in [0.2, 0.25) is 0 Å². The van der Waals surface area contributed by atoms with Gasteiger partial charge in [-0.25, -0.2) is 9.69 Å². The number of benzene rings is 3. The van der Waals surface area contributed by atoms with Crippen LogP contribution >= 0.6 is 11.8 Å². The van der Waals surface area contributed by atoms with Crippen molar-refractivity contribution in [1.29, 1.82) is 0 Å². The number of hydrogen-bond donors (Lipinski definition) is 1. The standard InChI is InChI=1S/C26H22N2O5S/c1-16-4-3-5-18(14-16)24(30)27-19-8-12-21(13-9-19)34-22-15-23(29)28(25(22)31)20-10-6-17(7-11-20)26(32)33-2/h3-14,22H,15H2,1-2H3,(H,27,30). The molecule has 3 amide bonds. The van der Waals surface area contributed by atoms with Gasteiger partial charge in [-0.15, -0.1) is 11.8 Å². The fraction of sp³-hybridized carbons (Fsp3) is 0.154. The number of hydrogen-bond acceptors (Lipinski definition) is 6. The summed E-state index contributed by atoms with van der Waals surface area (Å²) in [6.07, 6.45) is 0.0775. The maximum absolute atomic E-state index is 12.9. The number of imide groups is 1. The summed E-state index contributed by atoms with van der Waals surface area (Å²) < 4.78 is 4.67. The molecule has 0 aliphatic carbocycles. The summed E-state index contributed by atoms with van der Waals surface area (Å²) >= 11 is 1.30. The average Bonchev–Trinajstić information content (AvgIpc) is 3.12. The molecule has 0 spiro atoms. The molecule has 3 aromatic rings. The number of carbonyl (C=O) groups excluding carboxylic acids is 4. The minimum Gasteiger partial charge on any atom is -0.465 e. The second-order valence-corrected chi connectivity index (χ2v) is 9.04. The predicted octanol–water partition coefficient (Wildman–Crippen LogP) is 4.46. The molecule has 1 unspecified atom stereocenters. The van der Waals surface area contributed by atoms with E-state index < -0.39 is 11.2 Å². The molecule has 0 saturated carbocycles. The number of amides is 3. The number of thioether (sulfide) groups is 1. The van der Waals surface area contributed by atoms with Gasteiger partial charge >= 0.3 is 5.97 Å². The van der Waals surface area contributed by atoms with Crippen LogP contribution in [-0.4, -0.2) is 36.1 Å². The first-order valence-corrected chi connectivity index (χ1v) is 11.4. The predicted molar refractivity (Wildman–Crippen MR) is 130 cm³/mol. The van der Waals surface area contributed by atoms with Crippen LogP contribution in [0.5, 0.6) is 0 Å². The summed E-state index contributed by atoms with van der Waals surface area (Å²) in [5.74, 6) is -1.29. The molecular formula is C26H22N2O5S. The van der Waals surface area contributed by atoms with E-state index >= 15 is 0 Å². The number of methoxy groups -OCH3 is 1. The number of esters is 1. The van der Waals surface area contributed by atoms with Crippen molar-refractivity contribution in [3.63, 3.8) is 0 Å². The lowest BCUT2D eigenvalue weighted by Gasteiger charge is -2.15. The number of nitrogens with one attached hydrogen (secondary N) is 1. The van der Waals surface area contributed by atoms with Crippen molar-refractivity contribution in [2.45, 2.75) is 23.5 Å². The average molecular weight is 475 g/mol. The van der Waals surface area contributed by atoms with E-state index in [1.807, 2.05) is 37.3 Å². The highest BCUT2D eigenvalue weighted by Gasteiger charge is 2.40. The SMILES string of the molecule is COC(=O)c1ccc(N2C(=O)CC(Sc3ccc(NC(=O)c4cccc(C)c4)cc3)C2=O)cc1.